The van der Waals surface area contributed by atoms with Crippen molar-refractivity contribution >= 4 is 15.5 Å². The minimum atomic E-state index is -4.61. The predicted octanol–water partition coefficient (Wildman–Crippen LogP) is 2.73. The molecule has 1 aromatic heterocycles. The van der Waals surface area contributed by atoms with Gasteiger partial charge in [0.05, 0.1) is 10.6 Å². The van der Waals surface area contributed by atoms with Gasteiger partial charge in [-0.05, 0) is 30.2 Å². The Labute approximate surface area is 121 Å². The van der Waals surface area contributed by atoms with Crippen LogP contribution in [0.15, 0.2) is 53.7 Å². The number of nitrogens with one attached hydrogen (secondary N) is 1. The molecule has 2 rings (SSSR count). The van der Waals surface area contributed by atoms with Crippen LogP contribution < -0.4 is 5.32 Å². The first-order chi connectivity index (χ1) is 10.0. The second-order valence-electron chi connectivity index (χ2n) is 4.34. The van der Waals surface area contributed by atoms with Crippen molar-refractivity contribution in [2.24, 2.45) is 0 Å². The number of benzene rings is 1. The number of nitrogens with zero attached hydrogens (tertiary/aromatic N) is 1. The molecule has 0 amide bonds. The van der Waals surface area contributed by atoms with Gasteiger partial charge in [-0.25, -0.2) is 8.42 Å². The normalized spacial score (nSPS) is 11.6. The zero-order chi connectivity index (χ0) is 15.3. The second kappa shape index (κ2) is 6.62. The smallest absolute Gasteiger partial charge is 0.341 e. The van der Waals surface area contributed by atoms with E-state index in [1.165, 1.54) is 18.2 Å². The monoisotopic (exact) mass is 312 g/mol. The van der Waals surface area contributed by atoms with Gasteiger partial charge in [0.25, 0.3) is 0 Å². The maximum Gasteiger partial charge on any atom is 0.341 e. The molecule has 1 aromatic carbocycles. The minimum absolute atomic E-state index is 0.182. The number of sulfone groups is 1. The summed E-state index contributed by atoms with van der Waals surface area (Å²) in [5, 5.41) is 2.88. The van der Waals surface area contributed by atoms with Crippen molar-refractivity contribution in [3.8, 4) is 0 Å². The molecular weight excluding hydrogens is 298 g/mol. The molecule has 0 unspecified atom stereocenters. The highest BCUT2D eigenvalue weighted by Crippen LogP contribution is 2.25. The number of rotatable bonds is 6. The molecule has 0 fully saturated rings. The van der Waals surface area contributed by atoms with Crippen LogP contribution >= 0.6 is 0 Å². The molecule has 0 aliphatic rings. The van der Waals surface area contributed by atoms with Gasteiger partial charge < -0.3 is 5.32 Å². The fourth-order valence-corrected chi connectivity index (χ4v) is 2.75. The van der Waals surface area contributed by atoms with E-state index in [4.69, 9.17) is 0 Å². The lowest BCUT2D eigenvalue weighted by Crippen LogP contribution is -2.15. The largest absolute Gasteiger partial charge is 0.384 e. The summed E-state index contributed by atoms with van der Waals surface area (Å²) in [5.41, 5.74) is 1.15. The lowest BCUT2D eigenvalue weighted by atomic mass is 10.2. The van der Waals surface area contributed by atoms with E-state index in [-0.39, 0.29) is 10.6 Å². The fraction of sp³-hybridized carbons (Fsp3) is 0.214. The van der Waals surface area contributed by atoms with Crippen molar-refractivity contribution in [2.45, 2.75) is 17.1 Å². The number of hydrogen-bond donors (Lipinski definition) is 1. The maximum absolute atomic E-state index is 12.6. The highest BCUT2D eigenvalue weighted by Gasteiger charge is 2.28. The quantitative estimate of drug-likeness (QED) is 0.891. The third-order valence-electron chi connectivity index (χ3n) is 2.88. The van der Waals surface area contributed by atoms with E-state index < -0.39 is 15.6 Å². The van der Waals surface area contributed by atoms with E-state index >= 15 is 0 Å². The molecule has 0 atom stereocenters. The zero-order valence-corrected chi connectivity index (χ0v) is 11.9. The van der Waals surface area contributed by atoms with Crippen LogP contribution in [-0.4, -0.2) is 25.7 Å². The number of aromatic nitrogens is 1. The van der Waals surface area contributed by atoms with Gasteiger partial charge in [0.2, 0.25) is 9.84 Å². The summed E-state index contributed by atoms with van der Waals surface area (Å²) in [4.78, 5) is 3.58. The molecular formula is C14H14F2N2O2S. The number of alkyl halides is 2. The first-order valence-electron chi connectivity index (χ1n) is 6.25. The van der Waals surface area contributed by atoms with Crippen LogP contribution in [0.3, 0.4) is 0 Å². The van der Waals surface area contributed by atoms with Gasteiger partial charge >= 0.3 is 5.76 Å². The Hall–Kier alpha value is -2.02. The van der Waals surface area contributed by atoms with Crippen LogP contribution in [0.1, 0.15) is 5.56 Å². The van der Waals surface area contributed by atoms with Gasteiger partial charge in [-0.1, -0.05) is 18.2 Å². The van der Waals surface area contributed by atoms with Crippen LogP contribution in [0, 0.1) is 0 Å². The zero-order valence-electron chi connectivity index (χ0n) is 11.0. The standard InChI is InChI=1S/C14H14F2N2O2S/c15-14(16)21(19,20)13-6-2-1-5-12(13)18-9-7-11-4-3-8-17-10-11/h1-6,8,10,14,18H,7,9H2. The molecule has 0 saturated heterocycles. The first kappa shape index (κ1) is 15.4. The number of para-hydroxylation sites is 1. The molecule has 1 heterocycles. The van der Waals surface area contributed by atoms with Gasteiger partial charge in [0, 0.05) is 18.9 Å². The van der Waals surface area contributed by atoms with E-state index in [1.54, 1.807) is 24.5 Å². The lowest BCUT2D eigenvalue weighted by molar-refractivity contribution is 0.235. The summed E-state index contributed by atoms with van der Waals surface area (Å²) in [6.45, 7) is 0.418. The number of pyridine rings is 1. The van der Waals surface area contributed by atoms with Crippen LogP contribution in [0.5, 0.6) is 0 Å². The third-order valence-corrected chi connectivity index (χ3v) is 4.32. The maximum atomic E-state index is 12.6. The van der Waals surface area contributed by atoms with Gasteiger partial charge in [0.15, 0.2) is 0 Å². The van der Waals surface area contributed by atoms with Crippen molar-refractivity contribution < 1.29 is 17.2 Å². The van der Waals surface area contributed by atoms with Crippen LogP contribution in [-0.2, 0) is 16.3 Å². The van der Waals surface area contributed by atoms with Gasteiger partial charge in [0.1, 0.15) is 0 Å². The summed E-state index contributed by atoms with van der Waals surface area (Å²) in [5.74, 6) is -3.43. The molecule has 1 N–H and O–H groups in total. The summed E-state index contributed by atoms with van der Waals surface area (Å²) < 4.78 is 48.5. The molecule has 2 aromatic rings. The molecule has 21 heavy (non-hydrogen) atoms. The summed E-state index contributed by atoms with van der Waals surface area (Å²) in [6.07, 6.45) is 3.96. The Balaban J connectivity index is 2.11. The Morgan fingerprint density at radius 2 is 1.90 bits per heavy atom. The number of anilines is 1. The van der Waals surface area contributed by atoms with Crippen molar-refractivity contribution in [3.05, 3.63) is 54.4 Å². The Morgan fingerprint density at radius 3 is 2.57 bits per heavy atom. The van der Waals surface area contributed by atoms with Gasteiger partial charge in [-0.2, -0.15) is 8.78 Å². The summed E-state index contributed by atoms with van der Waals surface area (Å²) in [7, 11) is -4.61. The topological polar surface area (TPSA) is 59.1 Å². The van der Waals surface area contributed by atoms with E-state index in [1.807, 2.05) is 6.07 Å². The molecule has 0 saturated carbocycles. The Morgan fingerprint density at radius 1 is 1.14 bits per heavy atom. The predicted molar refractivity (Wildman–Crippen MR) is 76.1 cm³/mol. The van der Waals surface area contributed by atoms with Crippen molar-refractivity contribution in [1.82, 2.24) is 4.98 Å². The SMILES string of the molecule is O=S(=O)(c1ccccc1NCCc1cccnc1)C(F)F. The number of hydrogen-bond acceptors (Lipinski definition) is 4. The molecule has 112 valence electrons. The Kier molecular flexibility index (Phi) is 4.85. The average molecular weight is 312 g/mol. The summed E-state index contributed by atoms with van der Waals surface area (Å²) >= 11 is 0. The lowest BCUT2D eigenvalue weighted by Gasteiger charge is -2.12. The van der Waals surface area contributed by atoms with Crippen LogP contribution in [0.25, 0.3) is 0 Å². The number of halogens is 2. The molecule has 0 spiro atoms. The molecule has 0 radical (unpaired) electrons. The van der Waals surface area contributed by atoms with Crippen molar-refractivity contribution in [1.29, 1.82) is 0 Å². The van der Waals surface area contributed by atoms with E-state index in [2.05, 4.69) is 10.3 Å². The van der Waals surface area contributed by atoms with E-state index in [9.17, 15) is 17.2 Å². The molecule has 0 aliphatic carbocycles. The van der Waals surface area contributed by atoms with Gasteiger partial charge in [-0.3, -0.25) is 4.98 Å². The molecule has 7 heteroatoms. The van der Waals surface area contributed by atoms with E-state index in [0.29, 0.717) is 13.0 Å². The Bertz CT molecular complexity index is 691. The second-order valence-corrected chi connectivity index (χ2v) is 6.23. The highest BCUT2D eigenvalue weighted by atomic mass is 32.2. The minimum Gasteiger partial charge on any atom is -0.384 e. The summed E-state index contributed by atoms with van der Waals surface area (Å²) in [6, 6.07) is 9.34. The average Bonchev–Trinajstić information content (AvgIpc) is 2.48. The van der Waals surface area contributed by atoms with Crippen LogP contribution in [0.4, 0.5) is 14.5 Å². The molecule has 4 nitrogen and oxygen atoms in total. The van der Waals surface area contributed by atoms with Crippen molar-refractivity contribution in [3.63, 3.8) is 0 Å². The first-order valence-corrected chi connectivity index (χ1v) is 7.80. The fourth-order valence-electron chi connectivity index (χ4n) is 1.84. The van der Waals surface area contributed by atoms with Gasteiger partial charge in [-0.15, -0.1) is 0 Å². The van der Waals surface area contributed by atoms with E-state index in [0.717, 1.165) is 5.56 Å². The molecule has 0 aliphatic heterocycles. The van der Waals surface area contributed by atoms with Crippen molar-refractivity contribution in [2.75, 3.05) is 11.9 Å². The van der Waals surface area contributed by atoms with Crippen LogP contribution in [0.2, 0.25) is 0 Å². The highest BCUT2D eigenvalue weighted by molar-refractivity contribution is 7.91. The molecule has 0 bridgehead atoms. The third kappa shape index (κ3) is 3.75.